The van der Waals surface area contributed by atoms with E-state index in [1.54, 1.807) is 6.07 Å². The minimum absolute atomic E-state index is 0.499. The minimum Gasteiger partial charge on any atom is -0.373 e. The van der Waals surface area contributed by atoms with Gasteiger partial charge in [-0.3, -0.25) is 0 Å². The summed E-state index contributed by atoms with van der Waals surface area (Å²) in [7, 11) is 0. The normalized spacial score (nSPS) is 9.08. The van der Waals surface area contributed by atoms with Crippen LogP contribution in [0.25, 0.3) is 0 Å². The van der Waals surface area contributed by atoms with Crippen LogP contribution >= 0.6 is 11.6 Å². The van der Waals surface area contributed by atoms with E-state index in [1.165, 1.54) is 0 Å². The lowest BCUT2D eigenvalue weighted by molar-refractivity contribution is 1.18. The summed E-state index contributed by atoms with van der Waals surface area (Å²) in [5.41, 5.74) is 1.79. The molecule has 1 N–H and O–H groups in total. The van der Waals surface area contributed by atoms with Crippen molar-refractivity contribution in [1.29, 1.82) is 0 Å². The number of nitrogens with zero attached hydrogens (tertiary/aromatic N) is 1. The van der Waals surface area contributed by atoms with Crippen molar-refractivity contribution in [3.63, 3.8) is 0 Å². The SMILES string of the molecule is C#CCNc1ccc(Cl)nc1C. The molecule has 0 bridgehead atoms. The minimum atomic E-state index is 0.499. The molecule has 1 rings (SSSR count). The first kappa shape index (κ1) is 8.89. The number of hydrogen-bond acceptors (Lipinski definition) is 2. The zero-order valence-electron chi connectivity index (χ0n) is 6.76. The lowest BCUT2D eigenvalue weighted by Gasteiger charge is -2.04. The van der Waals surface area contributed by atoms with E-state index in [1.807, 2.05) is 13.0 Å². The molecule has 3 heteroatoms. The van der Waals surface area contributed by atoms with Gasteiger partial charge in [-0.1, -0.05) is 17.5 Å². The molecule has 0 aliphatic heterocycles. The van der Waals surface area contributed by atoms with Crippen LogP contribution in [0.2, 0.25) is 5.15 Å². The Bertz CT molecular complexity index is 315. The molecule has 0 aromatic carbocycles. The zero-order chi connectivity index (χ0) is 8.97. The van der Waals surface area contributed by atoms with E-state index >= 15 is 0 Å². The van der Waals surface area contributed by atoms with E-state index in [4.69, 9.17) is 18.0 Å². The molecule has 1 heterocycles. The Hall–Kier alpha value is -1.20. The molecular formula is C9H9ClN2. The van der Waals surface area contributed by atoms with Gasteiger partial charge in [-0.05, 0) is 19.1 Å². The lowest BCUT2D eigenvalue weighted by Crippen LogP contribution is -2.01. The first-order valence-electron chi connectivity index (χ1n) is 3.54. The molecule has 0 amide bonds. The fourth-order valence-electron chi connectivity index (χ4n) is 0.864. The Balaban J connectivity index is 2.81. The summed E-state index contributed by atoms with van der Waals surface area (Å²) in [4.78, 5) is 4.06. The first-order chi connectivity index (χ1) is 5.74. The van der Waals surface area contributed by atoms with E-state index < -0.39 is 0 Å². The van der Waals surface area contributed by atoms with Crippen molar-refractivity contribution in [2.24, 2.45) is 0 Å². The molecule has 0 spiro atoms. The lowest BCUT2D eigenvalue weighted by atomic mass is 10.3. The van der Waals surface area contributed by atoms with E-state index in [0.29, 0.717) is 11.7 Å². The zero-order valence-corrected chi connectivity index (χ0v) is 7.52. The summed E-state index contributed by atoms with van der Waals surface area (Å²) in [5, 5.41) is 3.53. The summed E-state index contributed by atoms with van der Waals surface area (Å²) in [5.74, 6) is 2.49. The van der Waals surface area contributed by atoms with Crippen LogP contribution in [0.3, 0.4) is 0 Å². The highest BCUT2D eigenvalue weighted by Gasteiger charge is 1.97. The van der Waals surface area contributed by atoms with Crippen molar-refractivity contribution in [3.05, 3.63) is 23.0 Å². The molecule has 0 aliphatic carbocycles. The average molecular weight is 181 g/mol. The summed E-state index contributed by atoms with van der Waals surface area (Å²) >= 11 is 5.67. The second kappa shape index (κ2) is 3.99. The van der Waals surface area contributed by atoms with Gasteiger partial charge in [0.05, 0.1) is 17.9 Å². The molecule has 0 aliphatic rings. The van der Waals surface area contributed by atoms with Gasteiger partial charge >= 0.3 is 0 Å². The maximum absolute atomic E-state index is 5.67. The van der Waals surface area contributed by atoms with E-state index in [2.05, 4.69) is 16.2 Å². The second-order valence-electron chi connectivity index (χ2n) is 2.32. The number of anilines is 1. The van der Waals surface area contributed by atoms with Crippen molar-refractivity contribution in [2.75, 3.05) is 11.9 Å². The number of aryl methyl sites for hydroxylation is 1. The first-order valence-corrected chi connectivity index (χ1v) is 3.92. The van der Waals surface area contributed by atoms with Crippen molar-refractivity contribution in [2.45, 2.75) is 6.92 Å². The highest BCUT2D eigenvalue weighted by atomic mass is 35.5. The molecule has 0 unspecified atom stereocenters. The van der Waals surface area contributed by atoms with E-state index in [-0.39, 0.29) is 0 Å². The van der Waals surface area contributed by atoms with Crippen molar-refractivity contribution in [3.8, 4) is 12.3 Å². The van der Waals surface area contributed by atoms with E-state index in [9.17, 15) is 0 Å². The van der Waals surface area contributed by atoms with Gasteiger partial charge in [-0.15, -0.1) is 6.42 Å². The number of pyridine rings is 1. The number of aromatic nitrogens is 1. The van der Waals surface area contributed by atoms with Crippen LogP contribution < -0.4 is 5.32 Å². The maximum Gasteiger partial charge on any atom is 0.129 e. The molecule has 12 heavy (non-hydrogen) atoms. The van der Waals surface area contributed by atoms with Crippen LogP contribution in [0.1, 0.15) is 5.69 Å². The van der Waals surface area contributed by atoms with Gasteiger partial charge in [-0.2, -0.15) is 0 Å². The van der Waals surface area contributed by atoms with Gasteiger partial charge in [0.1, 0.15) is 5.15 Å². The third kappa shape index (κ3) is 2.14. The van der Waals surface area contributed by atoms with Crippen molar-refractivity contribution >= 4 is 17.3 Å². The van der Waals surface area contributed by atoms with Gasteiger partial charge in [0.25, 0.3) is 0 Å². The molecule has 0 saturated heterocycles. The topological polar surface area (TPSA) is 24.9 Å². The largest absolute Gasteiger partial charge is 0.373 e. The van der Waals surface area contributed by atoms with Crippen LogP contribution in [-0.2, 0) is 0 Å². The number of terminal acetylenes is 1. The fraction of sp³-hybridized carbons (Fsp3) is 0.222. The van der Waals surface area contributed by atoms with Gasteiger partial charge in [-0.25, -0.2) is 4.98 Å². The van der Waals surface area contributed by atoms with Crippen molar-refractivity contribution < 1.29 is 0 Å². The molecule has 0 radical (unpaired) electrons. The quantitative estimate of drug-likeness (QED) is 0.557. The molecule has 0 fully saturated rings. The molecule has 1 aromatic heterocycles. The number of hydrogen-bond donors (Lipinski definition) is 1. The predicted molar refractivity (Wildman–Crippen MR) is 51.3 cm³/mol. The molecule has 0 saturated carbocycles. The number of rotatable bonds is 2. The third-order valence-corrected chi connectivity index (χ3v) is 1.64. The van der Waals surface area contributed by atoms with Gasteiger partial charge in [0.2, 0.25) is 0 Å². The van der Waals surface area contributed by atoms with Crippen LogP contribution in [-0.4, -0.2) is 11.5 Å². The molecule has 62 valence electrons. The molecule has 1 aromatic rings. The summed E-state index contributed by atoms with van der Waals surface area (Å²) in [6.45, 7) is 2.38. The Morgan fingerprint density at radius 3 is 3.00 bits per heavy atom. The number of halogens is 1. The predicted octanol–water partition coefficient (Wildman–Crippen LogP) is 2.09. The molecule has 2 nitrogen and oxygen atoms in total. The maximum atomic E-state index is 5.67. The molecule has 0 atom stereocenters. The van der Waals surface area contributed by atoms with Crippen LogP contribution in [0.5, 0.6) is 0 Å². The van der Waals surface area contributed by atoms with E-state index in [0.717, 1.165) is 11.4 Å². The van der Waals surface area contributed by atoms with Gasteiger partial charge in [0.15, 0.2) is 0 Å². The Morgan fingerprint density at radius 2 is 2.42 bits per heavy atom. The molecular weight excluding hydrogens is 172 g/mol. The van der Waals surface area contributed by atoms with Gasteiger partial charge < -0.3 is 5.32 Å². The average Bonchev–Trinajstić information content (AvgIpc) is 2.03. The van der Waals surface area contributed by atoms with Gasteiger partial charge in [0, 0.05) is 0 Å². The summed E-state index contributed by atoms with van der Waals surface area (Å²) < 4.78 is 0. The monoisotopic (exact) mass is 180 g/mol. The Labute approximate surface area is 77.0 Å². The van der Waals surface area contributed by atoms with Crippen molar-refractivity contribution in [1.82, 2.24) is 4.98 Å². The second-order valence-corrected chi connectivity index (χ2v) is 2.71. The Morgan fingerprint density at radius 1 is 1.67 bits per heavy atom. The summed E-state index contributed by atoms with van der Waals surface area (Å²) in [6, 6.07) is 3.59. The van der Waals surface area contributed by atoms with Crippen LogP contribution in [0.15, 0.2) is 12.1 Å². The smallest absolute Gasteiger partial charge is 0.129 e. The van der Waals surface area contributed by atoms with Crippen LogP contribution in [0.4, 0.5) is 5.69 Å². The highest BCUT2D eigenvalue weighted by molar-refractivity contribution is 6.29. The third-order valence-electron chi connectivity index (χ3n) is 1.43. The van der Waals surface area contributed by atoms with Crippen LogP contribution in [0, 0.1) is 19.3 Å². The highest BCUT2D eigenvalue weighted by Crippen LogP contribution is 2.14. The fourth-order valence-corrected chi connectivity index (χ4v) is 1.05. The summed E-state index contributed by atoms with van der Waals surface area (Å²) in [6.07, 6.45) is 5.10. The standard InChI is InChI=1S/C9H9ClN2/c1-3-6-11-8-4-5-9(10)12-7(8)2/h1,4-5,11H,6H2,2H3. The number of nitrogens with one attached hydrogen (secondary N) is 1. The Kier molecular flexibility index (Phi) is 2.95.